The molecule has 0 saturated carbocycles. The first-order chi connectivity index (χ1) is 9.52. The molecule has 2 aromatic rings. The standard InChI is InChI=1S/C14H17ClN4S/c1-3-11-9(8-19(2)18-11)7-17-12-6-4-5-10(15)13(12)14(16)20/h4-6,8,17H,3,7H2,1-2H3,(H2,16,20). The van der Waals surface area contributed by atoms with Gasteiger partial charge in [-0.2, -0.15) is 5.10 Å². The molecule has 2 rings (SSSR count). The molecular weight excluding hydrogens is 292 g/mol. The number of nitrogens with one attached hydrogen (secondary N) is 1. The number of hydrogen-bond acceptors (Lipinski definition) is 3. The van der Waals surface area contributed by atoms with Crippen LogP contribution >= 0.6 is 23.8 Å². The van der Waals surface area contributed by atoms with E-state index in [1.807, 2.05) is 30.1 Å². The number of hydrogen-bond donors (Lipinski definition) is 2. The van der Waals surface area contributed by atoms with Crippen molar-refractivity contribution >= 4 is 34.5 Å². The van der Waals surface area contributed by atoms with Crippen molar-refractivity contribution in [2.24, 2.45) is 12.8 Å². The molecule has 6 heteroatoms. The van der Waals surface area contributed by atoms with Gasteiger partial charge in [0.05, 0.1) is 16.3 Å². The second-order valence-corrected chi connectivity index (χ2v) is 5.36. The SMILES string of the molecule is CCc1nn(C)cc1CNc1cccc(Cl)c1C(N)=S. The number of thiocarbonyl (C=S) groups is 1. The van der Waals surface area contributed by atoms with Crippen LogP contribution in [0, 0.1) is 0 Å². The van der Waals surface area contributed by atoms with Crippen LogP contribution in [0.3, 0.4) is 0 Å². The maximum atomic E-state index is 6.14. The number of halogens is 1. The zero-order valence-electron chi connectivity index (χ0n) is 11.5. The molecule has 1 aromatic heterocycles. The molecular formula is C14H17ClN4S. The van der Waals surface area contributed by atoms with E-state index in [2.05, 4.69) is 17.3 Å². The summed E-state index contributed by atoms with van der Waals surface area (Å²) >= 11 is 11.2. The topological polar surface area (TPSA) is 55.9 Å². The van der Waals surface area contributed by atoms with Crippen molar-refractivity contribution in [2.75, 3.05) is 5.32 Å². The Labute approximate surface area is 128 Å². The van der Waals surface area contributed by atoms with Crippen molar-refractivity contribution in [1.82, 2.24) is 9.78 Å². The molecule has 4 nitrogen and oxygen atoms in total. The van der Waals surface area contributed by atoms with Crippen LogP contribution in [0.15, 0.2) is 24.4 Å². The maximum absolute atomic E-state index is 6.14. The van der Waals surface area contributed by atoms with Gasteiger partial charge in [0.15, 0.2) is 0 Å². The Balaban J connectivity index is 2.23. The van der Waals surface area contributed by atoms with Gasteiger partial charge in [0.1, 0.15) is 4.99 Å². The van der Waals surface area contributed by atoms with Crippen molar-refractivity contribution in [1.29, 1.82) is 0 Å². The van der Waals surface area contributed by atoms with E-state index in [1.165, 1.54) is 0 Å². The normalized spacial score (nSPS) is 10.6. The first-order valence-electron chi connectivity index (χ1n) is 6.36. The lowest BCUT2D eigenvalue weighted by Gasteiger charge is -2.12. The lowest BCUT2D eigenvalue weighted by Crippen LogP contribution is -2.14. The molecule has 0 saturated heterocycles. The van der Waals surface area contributed by atoms with Gasteiger partial charge in [-0.25, -0.2) is 0 Å². The largest absolute Gasteiger partial charge is 0.389 e. The predicted molar refractivity (Wildman–Crippen MR) is 87.3 cm³/mol. The smallest absolute Gasteiger partial charge is 0.107 e. The zero-order valence-corrected chi connectivity index (χ0v) is 13.1. The minimum absolute atomic E-state index is 0.292. The summed E-state index contributed by atoms with van der Waals surface area (Å²) in [5.41, 5.74) is 9.50. The van der Waals surface area contributed by atoms with E-state index >= 15 is 0 Å². The lowest BCUT2D eigenvalue weighted by atomic mass is 10.1. The van der Waals surface area contributed by atoms with Crippen molar-refractivity contribution in [3.8, 4) is 0 Å². The average Bonchev–Trinajstić information content (AvgIpc) is 2.76. The highest BCUT2D eigenvalue weighted by atomic mass is 35.5. The average molecular weight is 309 g/mol. The van der Waals surface area contributed by atoms with E-state index in [9.17, 15) is 0 Å². The summed E-state index contributed by atoms with van der Waals surface area (Å²) in [7, 11) is 1.92. The molecule has 0 radical (unpaired) electrons. The Morgan fingerprint density at radius 1 is 1.50 bits per heavy atom. The number of nitrogens with two attached hydrogens (primary N) is 1. The maximum Gasteiger partial charge on any atom is 0.107 e. The highest BCUT2D eigenvalue weighted by molar-refractivity contribution is 7.80. The summed E-state index contributed by atoms with van der Waals surface area (Å²) in [5.74, 6) is 0. The van der Waals surface area contributed by atoms with Crippen LogP contribution in [-0.4, -0.2) is 14.8 Å². The third kappa shape index (κ3) is 3.11. The number of nitrogens with zero attached hydrogens (tertiary/aromatic N) is 2. The zero-order chi connectivity index (χ0) is 14.7. The predicted octanol–water partition coefficient (Wildman–Crippen LogP) is 2.88. The number of aryl methyl sites for hydroxylation is 2. The summed E-state index contributed by atoms with van der Waals surface area (Å²) in [5, 5.41) is 8.31. The van der Waals surface area contributed by atoms with Crippen LogP contribution in [-0.2, 0) is 20.0 Å². The first-order valence-corrected chi connectivity index (χ1v) is 7.15. The van der Waals surface area contributed by atoms with Crippen LogP contribution in [0.25, 0.3) is 0 Å². The van der Waals surface area contributed by atoms with Crippen molar-refractivity contribution in [2.45, 2.75) is 19.9 Å². The number of benzene rings is 1. The first kappa shape index (κ1) is 14.8. The molecule has 0 amide bonds. The van der Waals surface area contributed by atoms with Crippen molar-refractivity contribution in [3.63, 3.8) is 0 Å². The molecule has 0 bridgehead atoms. The van der Waals surface area contributed by atoms with Gasteiger partial charge in [-0.3, -0.25) is 4.68 Å². The van der Waals surface area contributed by atoms with Crippen LogP contribution in [0.5, 0.6) is 0 Å². The van der Waals surface area contributed by atoms with E-state index in [-0.39, 0.29) is 0 Å². The van der Waals surface area contributed by atoms with Gasteiger partial charge in [0.25, 0.3) is 0 Å². The second kappa shape index (κ2) is 6.24. The summed E-state index contributed by atoms with van der Waals surface area (Å²) < 4.78 is 1.82. The van der Waals surface area contributed by atoms with Crippen LogP contribution < -0.4 is 11.1 Å². The molecule has 1 heterocycles. The van der Waals surface area contributed by atoms with Crippen LogP contribution in [0.4, 0.5) is 5.69 Å². The molecule has 0 aliphatic carbocycles. The van der Waals surface area contributed by atoms with Gasteiger partial charge in [0, 0.05) is 31.0 Å². The Hall–Kier alpha value is -1.59. The van der Waals surface area contributed by atoms with Gasteiger partial charge in [-0.05, 0) is 18.6 Å². The molecule has 20 heavy (non-hydrogen) atoms. The Morgan fingerprint density at radius 2 is 2.25 bits per heavy atom. The van der Waals surface area contributed by atoms with Gasteiger partial charge >= 0.3 is 0 Å². The second-order valence-electron chi connectivity index (χ2n) is 4.51. The Bertz CT molecular complexity index is 636. The van der Waals surface area contributed by atoms with Gasteiger partial charge in [-0.1, -0.05) is 36.8 Å². The van der Waals surface area contributed by atoms with Crippen molar-refractivity contribution < 1.29 is 0 Å². The molecule has 1 aromatic carbocycles. The van der Waals surface area contributed by atoms with Crippen molar-refractivity contribution in [3.05, 3.63) is 46.2 Å². The van der Waals surface area contributed by atoms with E-state index in [0.29, 0.717) is 22.1 Å². The Morgan fingerprint density at radius 3 is 2.90 bits per heavy atom. The summed E-state index contributed by atoms with van der Waals surface area (Å²) in [6, 6.07) is 5.57. The summed E-state index contributed by atoms with van der Waals surface area (Å²) in [4.78, 5) is 0.292. The molecule has 0 fully saturated rings. The molecule has 106 valence electrons. The highest BCUT2D eigenvalue weighted by Gasteiger charge is 2.11. The number of anilines is 1. The minimum atomic E-state index is 0.292. The third-order valence-corrected chi connectivity index (χ3v) is 3.58. The third-order valence-electron chi connectivity index (χ3n) is 3.06. The highest BCUT2D eigenvalue weighted by Crippen LogP contribution is 2.25. The lowest BCUT2D eigenvalue weighted by molar-refractivity contribution is 0.746. The number of aromatic nitrogens is 2. The van der Waals surface area contributed by atoms with Gasteiger partial charge in [-0.15, -0.1) is 0 Å². The summed E-state index contributed by atoms with van der Waals surface area (Å²) in [6.45, 7) is 2.75. The van der Waals surface area contributed by atoms with Gasteiger partial charge < -0.3 is 11.1 Å². The fourth-order valence-corrected chi connectivity index (χ4v) is 2.69. The minimum Gasteiger partial charge on any atom is -0.389 e. The molecule has 0 aliphatic heterocycles. The molecule has 0 aliphatic rings. The van der Waals surface area contributed by atoms with Crippen LogP contribution in [0.1, 0.15) is 23.7 Å². The molecule has 0 atom stereocenters. The Kier molecular flexibility index (Phi) is 4.62. The molecule has 3 N–H and O–H groups in total. The molecule has 0 unspecified atom stereocenters. The van der Waals surface area contributed by atoms with E-state index in [4.69, 9.17) is 29.6 Å². The fourth-order valence-electron chi connectivity index (χ4n) is 2.14. The number of rotatable bonds is 5. The fraction of sp³-hybridized carbons (Fsp3) is 0.286. The monoisotopic (exact) mass is 308 g/mol. The van der Waals surface area contributed by atoms with E-state index in [1.54, 1.807) is 6.07 Å². The van der Waals surface area contributed by atoms with Gasteiger partial charge in [0.2, 0.25) is 0 Å². The summed E-state index contributed by atoms with van der Waals surface area (Å²) in [6.07, 6.45) is 2.91. The quantitative estimate of drug-likeness (QED) is 0.834. The van der Waals surface area contributed by atoms with E-state index in [0.717, 1.165) is 23.4 Å². The van der Waals surface area contributed by atoms with Crippen LogP contribution in [0.2, 0.25) is 5.02 Å². The van der Waals surface area contributed by atoms with E-state index < -0.39 is 0 Å². The molecule has 0 spiro atoms.